The molecule has 4 nitrogen and oxygen atoms in total. The van der Waals surface area contributed by atoms with E-state index in [4.69, 9.17) is 4.74 Å². The minimum Gasteiger partial charge on any atom is -0.493 e. The maximum Gasteiger partial charge on any atom is 0.237 e. The van der Waals surface area contributed by atoms with Crippen molar-refractivity contribution in [3.05, 3.63) is 24.0 Å². The summed E-state index contributed by atoms with van der Waals surface area (Å²) in [5, 5.41) is 0. The number of allylic oxidation sites excluding steroid dienone is 1. The fraction of sp³-hybridized carbons (Fsp3) is 0.571. The zero-order chi connectivity index (χ0) is 13.6. The number of amides is 1. The largest absolute Gasteiger partial charge is 0.493 e. The number of nitrogens with zero attached hydrogens (tertiary/aromatic N) is 1. The van der Waals surface area contributed by atoms with E-state index in [0.29, 0.717) is 13.0 Å². The van der Waals surface area contributed by atoms with Crippen LogP contribution in [0.25, 0.3) is 0 Å². The number of ether oxygens (including phenoxy) is 1. The van der Waals surface area contributed by atoms with Gasteiger partial charge in [0.25, 0.3) is 0 Å². The summed E-state index contributed by atoms with van der Waals surface area (Å²) in [6.45, 7) is 6.75. The monoisotopic (exact) mass is 249 g/mol. The molecule has 1 spiro atoms. The van der Waals surface area contributed by atoms with Gasteiger partial charge in [0.1, 0.15) is 0 Å². The highest BCUT2D eigenvalue weighted by Crippen LogP contribution is 2.41. The summed E-state index contributed by atoms with van der Waals surface area (Å²) in [5.41, 5.74) is -0.885. The number of carbonyl (C=O) groups excluding carboxylic acids is 2. The maximum atomic E-state index is 12.6. The van der Waals surface area contributed by atoms with E-state index in [1.54, 1.807) is 12.2 Å². The van der Waals surface area contributed by atoms with Crippen LogP contribution in [0.4, 0.5) is 0 Å². The summed E-state index contributed by atoms with van der Waals surface area (Å²) in [4.78, 5) is 26.0. The van der Waals surface area contributed by atoms with Crippen molar-refractivity contribution in [2.45, 2.75) is 32.7 Å². The van der Waals surface area contributed by atoms with Crippen LogP contribution in [0.2, 0.25) is 0 Å². The van der Waals surface area contributed by atoms with E-state index in [2.05, 4.69) is 0 Å². The van der Waals surface area contributed by atoms with Gasteiger partial charge in [0, 0.05) is 12.1 Å². The van der Waals surface area contributed by atoms with Gasteiger partial charge in [0.05, 0.1) is 12.5 Å². The van der Waals surface area contributed by atoms with Gasteiger partial charge in [-0.1, -0.05) is 6.08 Å². The Morgan fingerprint density at radius 2 is 2.00 bits per heavy atom. The van der Waals surface area contributed by atoms with Crippen LogP contribution in [0.15, 0.2) is 24.0 Å². The third-order valence-corrected chi connectivity index (χ3v) is 3.59. The van der Waals surface area contributed by atoms with Crippen molar-refractivity contribution in [3.8, 4) is 0 Å². The van der Waals surface area contributed by atoms with Gasteiger partial charge >= 0.3 is 0 Å². The first-order valence-electron chi connectivity index (χ1n) is 6.13. The van der Waals surface area contributed by atoms with E-state index in [1.165, 1.54) is 13.2 Å². The summed E-state index contributed by atoms with van der Waals surface area (Å²) in [6.07, 6.45) is 5.53. The lowest BCUT2D eigenvalue weighted by atomic mass is 9.81. The number of ketones is 1. The van der Waals surface area contributed by atoms with Gasteiger partial charge in [-0.3, -0.25) is 9.59 Å². The summed E-state index contributed by atoms with van der Waals surface area (Å²) in [6, 6.07) is 0. The molecule has 0 radical (unpaired) electrons. The van der Waals surface area contributed by atoms with Gasteiger partial charge in [-0.2, -0.15) is 0 Å². The molecule has 0 bridgehead atoms. The highest BCUT2D eigenvalue weighted by molar-refractivity contribution is 6.06. The number of hydrogen-bond acceptors (Lipinski definition) is 3. The zero-order valence-corrected chi connectivity index (χ0v) is 11.3. The lowest BCUT2D eigenvalue weighted by Gasteiger charge is -2.33. The highest BCUT2D eigenvalue weighted by atomic mass is 16.5. The molecule has 98 valence electrons. The number of hydrogen-bond donors (Lipinski definition) is 0. The van der Waals surface area contributed by atoms with E-state index < -0.39 is 5.41 Å². The minimum absolute atomic E-state index is 0.0494. The fourth-order valence-electron chi connectivity index (χ4n) is 2.50. The lowest BCUT2D eigenvalue weighted by molar-refractivity contribution is -0.136. The molecule has 1 saturated heterocycles. The van der Waals surface area contributed by atoms with Crippen LogP contribution < -0.4 is 0 Å². The molecule has 1 aliphatic carbocycles. The molecule has 0 N–H and O–H groups in total. The Morgan fingerprint density at radius 1 is 1.33 bits per heavy atom. The van der Waals surface area contributed by atoms with Gasteiger partial charge in [-0.15, -0.1) is 0 Å². The summed E-state index contributed by atoms with van der Waals surface area (Å²) in [5.74, 6) is 0.139. The predicted octanol–water partition coefficient (Wildman–Crippen LogP) is 1.67. The molecular formula is C14H19NO3. The molecular weight excluding hydrogens is 230 g/mol. The second-order valence-corrected chi connectivity index (χ2v) is 5.83. The summed E-state index contributed by atoms with van der Waals surface area (Å²) in [7, 11) is 1.46. The third-order valence-electron chi connectivity index (χ3n) is 3.59. The van der Waals surface area contributed by atoms with Gasteiger partial charge in [0.2, 0.25) is 11.7 Å². The Hall–Kier alpha value is -1.58. The molecule has 1 fully saturated rings. The average Bonchev–Trinajstić information content (AvgIpc) is 2.60. The van der Waals surface area contributed by atoms with Crippen LogP contribution in [0, 0.1) is 5.41 Å². The first-order chi connectivity index (χ1) is 8.30. The van der Waals surface area contributed by atoms with E-state index in [1.807, 2.05) is 25.7 Å². The second-order valence-electron chi connectivity index (χ2n) is 5.83. The van der Waals surface area contributed by atoms with Gasteiger partial charge in [-0.05, 0) is 39.3 Å². The topological polar surface area (TPSA) is 46.6 Å². The predicted molar refractivity (Wildman–Crippen MR) is 67.8 cm³/mol. The first-order valence-corrected chi connectivity index (χ1v) is 6.13. The van der Waals surface area contributed by atoms with Crippen molar-refractivity contribution < 1.29 is 14.3 Å². The fourth-order valence-corrected chi connectivity index (χ4v) is 2.50. The van der Waals surface area contributed by atoms with Crippen molar-refractivity contribution >= 4 is 11.7 Å². The van der Waals surface area contributed by atoms with Crippen molar-refractivity contribution in [2.75, 3.05) is 13.7 Å². The number of methoxy groups -OCH3 is 1. The highest BCUT2D eigenvalue weighted by Gasteiger charge is 2.48. The zero-order valence-electron chi connectivity index (χ0n) is 11.3. The molecule has 2 aliphatic rings. The number of likely N-dealkylation sites (tertiary alicyclic amines) is 1. The van der Waals surface area contributed by atoms with Gasteiger partial charge < -0.3 is 9.64 Å². The number of carbonyl (C=O) groups is 2. The summed E-state index contributed by atoms with van der Waals surface area (Å²) >= 11 is 0. The van der Waals surface area contributed by atoms with Crippen molar-refractivity contribution in [1.29, 1.82) is 0 Å². The lowest BCUT2D eigenvalue weighted by Crippen LogP contribution is -2.45. The average molecular weight is 249 g/mol. The van der Waals surface area contributed by atoms with Crippen LogP contribution in [-0.4, -0.2) is 35.8 Å². The smallest absolute Gasteiger partial charge is 0.237 e. The Kier molecular flexibility index (Phi) is 2.84. The van der Waals surface area contributed by atoms with Crippen LogP contribution in [-0.2, 0) is 14.3 Å². The molecule has 0 aromatic carbocycles. The molecule has 1 atom stereocenters. The molecule has 1 heterocycles. The molecule has 0 saturated carbocycles. The Bertz CT molecular complexity index is 456. The van der Waals surface area contributed by atoms with Crippen LogP contribution >= 0.6 is 0 Å². The standard InChI is InChI=1S/C14H19NO3/c1-13(2,3)15-8-7-14(12(15)17)6-5-10(16)11(9-14)18-4/h5-6,9H,7-8H2,1-4H3. The normalized spacial score (nSPS) is 28.0. The molecule has 2 rings (SSSR count). The molecule has 1 amide bonds. The SMILES string of the molecule is COC1=CC2(C=CC1=O)CCN(C(C)(C)C)C2=O. The maximum absolute atomic E-state index is 12.6. The van der Waals surface area contributed by atoms with Gasteiger partial charge in [-0.25, -0.2) is 0 Å². The first kappa shape index (κ1) is 12.9. The molecule has 0 aromatic rings. The van der Waals surface area contributed by atoms with Gasteiger partial charge in [0.15, 0.2) is 5.76 Å². The van der Waals surface area contributed by atoms with E-state index >= 15 is 0 Å². The Labute approximate surface area is 107 Å². The summed E-state index contributed by atoms with van der Waals surface area (Å²) < 4.78 is 5.05. The molecule has 1 aliphatic heterocycles. The van der Waals surface area contributed by atoms with Crippen molar-refractivity contribution in [1.82, 2.24) is 4.90 Å². The second kappa shape index (κ2) is 3.97. The third kappa shape index (κ3) is 1.85. The van der Waals surface area contributed by atoms with Crippen LogP contribution in [0.5, 0.6) is 0 Å². The van der Waals surface area contributed by atoms with Crippen molar-refractivity contribution in [3.63, 3.8) is 0 Å². The van der Waals surface area contributed by atoms with Crippen LogP contribution in [0.3, 0.4) is 0 Å². The minimum atomic E-state index is -0.688. The Balaban J connectivity index is 2.36. The van der Waals surface area contributed by atoms with Crippen LogP contribution in [0.1, 0.15) is 27.2 Å². The quantitative estimate of drug-likeness (QED) is 0.710. The number of rotatable bonds is 1. The van der Waals surface area contributed by atoms with E-state index in [9.17, 15) is 9.59 Å². The van der Waals surface area contributed by atoms with E-state index in [0.717, 1.165) is 0 Å². The molecule has 0 aromatic heterocycles. The van der Waals surface area contributed by atoms with Crippen molar-refractivity contribution in [2.24, 2.45) is 5.41 Å². The molecule has 4 heteroatoms. The molecule has 18 heavy (non-hydrogen) atoms. The molecule has 1 unspecified atom stereocenters. The van der Waals surface area contributed by atoms with E-state index in [-0.39, 0.29) is 23.0 Å². The Morgan fingerprint density at radius 3 is 2.50 bits per heavy atom.